The summed E-state index contributed by atoms with van der Waals surface area (Å²) in [5.41, 5.74) is -0.343. The predicted molar refractivity (Wildman–Crippen MR) is 53.7 cm³/mol. The van der Waals surface area contributed by atoms with Gasteiger partial charge in [-0.2, -0.15) is 0 Å². The average Bonchev–Trinajstić information content (AvgIpc) is 2.31. The van der Waals surface area contributed by atoms with Gasteiger partial charge in [0.15, 0.2) is 0 Å². The van der Waals surface area contributed by atoms with Crippen LogP contribution in [0.5, 0.6) is 0 Å². The highest BCUT2D eigenvalue weighted by atomic mass is 16.3. The number of nitrogens with zero attached hydrogens (tertiary/aromatic N) is 1. The first-order valence-corrected chi connectivity index (χ1v) is 5.62. The van der Waals surface area contributed by atoms with Gasteiger partial charge in [-0.25, -0.2) is 0 Å². The van der Waals surface area contributed by atoms with Crippen molar-refractivity contribution in [2.45, 2.75) is 56.6 Å². The van der Waals surface area contributed by atoms with Gasteiger partial charge in [0, 0.05) is 12.6 Å². The molecule has 76 valence electrons. The molecular weight excluding hydrogens is 162 g/mol. The van der Waals surface area contributed by atoms with Crippen LogP contribution in [0.25, 0.3) is 0 Å². The summed E-state index contributed by atoms with van der Waals surface area (Å²) in [4.78, 5) is 2.37. The van der Waals surface area contributed by atoms with Crippen molar-refractivity contribution >= 4 is 0 Å². The molecule has 2 fully saturated rings. The van der Waals surface area contributed by atoms with Crippen molar-refractivity contribution in [2.75, 3.05) is 13.6 Å². The minimum absolute atomic E-state index is 0.343. The lowest BCUT2D eigenvalue weighted by molar-refractivity contribution is -0.00521. The van der Waals surface area contributed by atoms with E-state index in [2.05, 4.69) is 11.9 Å². The van der Waals surface area contributed by atoms with Gasteiger partial charge in [0.2, 0.25) is 0 Å². The highest BCUT2D eigenvalue weighted by Gasteiger charge is 2.34. The van der Waals surface area contributed by atoms with Gasteiger partial charge in [0.25, 0.3) is 0 Å². The molecule has 2 rings (SSSR count). The lowest BCUT2D eigenvalue weighted by Gasteiger charge is -2.38. The van der Waals surface area contributed by atoms with E-state index < -0.39 is 0 Å². The lowest BCUT2D eigenvalue weighted by atomic mass is 9.90. The van der Waals surface area contributed by atoms with E-state index in [9.17, 15) is 5.11 Å². The molecule has 0 spiro atoms. The molecule has 0 aromatic carbocycles. The summed E-state index contributed by atoms with van der Waals surface area (Å²) in [5.74, 6) is 0. The van der Waals surface area contributed by atoms with Crippen molar-refractivity contribution in [3.63, 3.8) is 0 Å². The van der Waals surface area contributed by atoms with Crippen LogP contribution in [0.2, 0.25) is 0 Å². The van der Waals surface area contributed by atoms with Gasteiger partial charge in [0.1, 0.15) is 0 Å². The molecule has 2 saturated carbocycles. The minimum atomic E-state index is -0.343. The van der Waals surface area contributed by atoms with Crippen LogP contribution in [0.1, 0.15) is 44.9 Å². The molecule has 0 radical (unpaired) electrons. The van der Waals surface area contributed by atoms with Gasteiger partial charge >= 0.3 is 0 Å². The largest absolute Gasteiger partial charge is 0.389 e. The molecule has 2 aliphatic carbocycles. The molecule has 0 saturated heterocycles. The molecule has 13 heavy (non-hydrogen) atoms. The molecule has 0 atom stereocenters. The molecule has 1 N–H and O–H groups in total. The van der Waals surface area contributed by atoms with E-state index in [0.29, 0.717) is 0 Å². The summed E-state index contributed by atoms with van der Waals surface area (Å²) in [5, 5.41) is 10.2. The van der Waals surface area contributed by atoms with Gasteiger partial charge in [-0.15, -0.1) is 0 Å². The minimum Gasteiger partial charge on any atom is -0.389 e. The Morgan fingerprint density at radius 3 is 2.31 bits per heavy atom. The van der Waals surface area contributed by atoms with Crippen LogP contribution < -0.4 is 0 Å². The fraction of sp³-hybridized carbons (Fsp3) is 1.00. The molecule has 0 aliphatic heterocycles. The second-order valence-electron chi connectivity index (χ2n) is 4.93. The summed E-state index contributed by atoms with van der Waals surface area (Å²) in [6.45, 7) is 0.900. The number of hydrogen-bond acceptors (Lipinski definition) is 2. The fourth-order valence-corrected chi connectivity index (χ4v) is 2.61. The van der Waals surface area contributed by atoms with Gasteiger partial charge in [-0.3, -0.25) is 0 Å². The Kier molecular flexibility index (Phi) is 2.61. The Bertz CT molecular complexity index is 171. The van der Waals surface area contributed by atoms with Crippen molar-refractivity contribution in [3.05, 3.63) is 0 Å². The van der Waals surface area contributed by atoms with Crippen molar-refractivity contribution in [1.82, 2.24) is 4.90 Å². The third-order valence-corrected chi connectivity index (χ3v) is 3.78. The predicted octanol–water partition coefficient (Wildman–Crippen LogP) is 1.78. The van der Waals surface area contributed by atoms with Crippen LogP contribution in [0.3, 0.4) is 0 Å². The van der Waals surface area contributed by atoms with Crippen molar-refractivity contribution < 1.29 is 5.11 Å². The Morgan fingerprint density at radius 2 is 1.85 bits per heavy atom. The van der Waals surface area contributed by atoms with Crippen LogP contribution in [0, 0.1) is 0 Å². The first kappa shape index (κ1) is 9.47. The second kappa shape index (κ2) is 3.58. The van der Waals surface area contributed by atoms with E-state index in [-0.39, 0.29) is 5.60 Å². The normalized spacial score (nSPS) is 27.9. The molecular formula is C11H21NO. The molecule has 0 bridgehead atoms. The zero-order valence-corrected chi connectivity index (χ0v) is 8.63. The molecule has 0 amide bonds. The zero-order valence-electron chi connectivity index (χ0n) is 8.63. The van der Waals surface area contributed by atoms with Crippen molar-refractivity contribution in [1.29, 1.82) is 0 Å². The Morgan fingerprint density at radius 1 is 1.23 bits per heavy atom. The summed E-state index contributed by atoms with van der Waals surface area (Å²) >= 11 is 0. The van der Waals surface area contributed by atoms with Crippen LogP contribution in [-0.2, 0) is 0 Å². The van der Waals surface area contributed by atoms with Gasteiger partial charge < -0.3 is 10.0 Å². The van der Waals surface area contributed by atoms with Crippen LogP contribution in [-0.4, -0.2) is 35.2 Å². The third-order valence-electron chi connectivity index (χ3n) is 3.78. The molecule has 0 aromatic rings. The number of aliphatic hydroxyl groups is 1. The maximum Gasteiger partial charge on any atom is 0.0774 e. The topological polar surface area (TPSA) is 23.5 Å². The zero-order chi connectivity index (χ0) is 9.31. The Labute approximate surface area is 80.9 Å². The summed E-state index contributed by atoms with van der Waals surface area (Å²) < 4.78 is 0. The van der Waals surface area contributed by atoms with Crippen molar-refractivity contribution in [3.8, 4) is 0 Å². The van der Waals surface area contributed by atoms with E-state index in [1.54, 1.807) is 0 Å². The van der Waals surface area contributed by atoms with E-state index >= 15 is 0 Å². The van der Waals surface area contributed by atoms with Crippen LogP contribution >= 0.6 is 0 Å². The second-order valence-corrected chi connectivity index (χ2v) is 4.93. The number of hydrogen-bond donors (Lipinski definition) is 1. The van der Waals surface area contributed by atoms with Crippen molar-refractivity contribution in [2.24, 2.45) is 0 Å². The maximum atomic E-state index is 10.2. The molecule has 2 nitrogen and oxygen atoms in total. The van der Waals surface area contributed by atoms with Gasteiger partial charge in [0.05, 0.1) is 5.60 Å². The smallest absolute Gasteiger partial charge is 0.0774 e. The number of rotatable bonds is 3. The van der Waals surface area contributed by atoms with E-state index in [1.165, 1.54) is 32.1 Å². The average molecular weight is 183 g/mol. The van der Waals surface area contributed by atoms with Gasteiger partial charge in [-0.05, 0) is 32.7 Å². The van der Waals surface area contributed by atoms with E-state index in [1.807, 2.05) is 0 Å². The first-order valence-electron chi connectivity index (χ1n) is 5.62. The van der Waals surface area contributed by atoms with Crippen LogP contribution in [0.15, 0.2) is 0 Å². The molecule has 0 aromatic heterocycles. The van der Waals surface area contributed by atoms with Gasteiger partial charge in [-0.1, -0.05) is 19.3 Å². The highest BCUT2D eigenvalue weighted by molar-refractivity contribution is 4.89. The Hall–Kier alpha value is -0.0800. The SMILES string of the molecule is CN(CC1(O)CCCC1)C1CCC1. The highest BCUT2D eigenvalue weighted by Crippen LogP contribution is 2.32. The van der Waals surface area contributed by atoms with Crippen LogP contribution in [0.4, 0.5) is 0 Å². The molecule has 0 unspecified atom stereocenters. The first-order chi connectivity index (χ1) is 6.20. The van der Waals surface area contributed by atoms with E-state index in [0.717, 1.165) is 25.4 Å². The third kappa shape index (κ3) is 2.05. The monoisotopic (exact) mass is 183 g/mol. The summed E-state index contributed by atoms with van der Waals surface area (Å²) in [6, 6.07) is 0.768. The number of likely N-dealkylation sites (N-methyl/N-ethyl adjacent to an activating group) is 1. The summed E-state index contributed by atoms with van der Waals surface area (Å²) in [6.07, 6.45) is 8.53. The Balaban J connectivity index is 1.81. The molecule has 0 heterocycles. The molecule has 2 aliphatic rings. The quantitative estimate of drug-likeness (QED) is 0.721. The maximum absolute atomic E-state index is 10.2. The standard InChI is InChI=1S/C11H21NO/c1-12(10-5-4-6-10)9-11(13)7-2-3-8-11/h10,13H,2-9H2,1H3. The molecule has 2 heteroatoms. The van der Waals surface area contributed by atoms with E-state index in [4.69, 9.17) is 0 Å². The summed E-state index contributed by atoms with van der Waals surface area (Å²) in [7, 11) is 2.17. The fourth-order valence-electron chi connectivity index (χ4n) is 2.61. The lowest BCUT2D eigenvalue weighted by Crippen LogP contribution is -2.46.